The SMILES string of the molecule is FC(F)(F)c1ccccc1CN1CCN(Cc2ccc(Cl)cc2)CC1.O=C(O)C(=O)O. The normalized spacial score (nSPS) is 15.1. The highest BCUT2D eigenvalue weighted by atomic mass is 35.5. The van der Waals surface area contributed by atoms with E-state index in [0.717, 1.165) is 43.8 Å². The van der Waals surface area contributed by atoms with Crippen molar-refractivity contribution < 1.29 is 33.0 Å². The van der Waals surface area contributed by atoms with Gasteiger partial charge in [-0.2, -0.15) is 13.2 Å². The van der Waals surface area contributed by atoms with Gasteiger partial charge in [0.25, 0.3) is 0 Å². The fourth-order valence-electron chi connectivity index (χ4n) is 3.13. The van der Waals surface area contributed by atoms with E-state index in [1.54, 1.807) is 12.1 Å². The Bertz CT molecular complexity index is 871. The van der Waals surface area contributed by atoms with Crippen molar-refractivity contribution in [3.05, 3.63) is 70.2 Å². The second-order valence-corrected chi connectivity index (χ2v) is 7.38. The van der Waals surface area contributed by atoms with Crippen LogP contribution in [-0.4, -0.2) is 58.1 Å². The molecule has 2 aromatic rings. The van der Waals surface area contributed by atoms with Gasteiger partial charge in [-0.3, -0.25) is 9.80 Å². The van der Waals surface area contributed by atoms with E-state index < -0.39 is 23.7 Å². The minimum absolute atomic E-state index is 0.338. The van der Waals surface area contributed by atoms with Crippen molar-refractivity contribution in [1.29, 1.82) is 0 Å². The first-order chi connectivity index (χ1) is 14.6. The summed E-state index contributed by atoms with van der Waals surface area (Å²) in [5, 5.41) is 15.5. The molecule has 2 N–H and O–H groups in total. The Labute approximate surface area is 182 Å². The maximum Gasteiger partial charge on any atom is 0.416 e. The molecule has 31 heavy (non-hydrogen) atoms. The van der Waals surface area contributed by atoms with Crippen molar-refractivity contribution in [2.45, 2.75) is 19.3 Å². The van der Waals surface area contributed by atoms with Gasteiger partial charge in [0.1, 0.15) is 0 Å². The molecule has 0 amide bonds. The topological polar surface area (TPSA) is 81.1 Å². The maximum absolute atomic E-state index is 13.1. The largest absolute Gasteiger partial charge is 0.473 e. The van der Waals surface area contributed by atoms with Crippen LogP contribution in [-0.2, 0) is 28.9 Å². The monoisotopic (exact) mass is 458 g/mol. The maximum atomic E-state index is 13.1. The van der Waals surface area contributed by atoms with Crippen molar-refractivity contribution in [1.82, 2.24) is 9.80 Å². The number of rotatable bonds is 4. The van der Waals surface area contributed by atoms with Crippen LogP contribution in [0, 0.1) is 0 Å². The van der Waals surface area contributed by atoms with Gasteiger partial charge in [0.05, 0.1) is 5.56 Å². The zero-order valence-corrected chi connectivity index (χ0v) is 17.2. The van der Waals surface area contributed by atoms with Gasteiger partial charge in [-0.05, 0) is 29.3 Å². The fraction of sp³-hybridized carbons (Fsp3) is 0.333. The average molecular weight is 459 g/mol. The van der Waals surface area contributed by atoms with Crippen LogP contribution in [0.4, 0.5) is 13.2 Å². The van der Waals surface area contributed by atoms with E-state index in [0.29, 0.717) is 12.1 Å². The Balaban J connectivity index is 0.000000501. The molecule has 0 aliphatic carbocycles. The van der Waals surface area contributed by atoms with Crippen LogP contribution >= 0.6 is 11.6 Å². The summed E-state index contributed by atoms with van der Waals surface area (Å²) in [4.78, 5) is 22.6. The number of halogens is 4. The Morgan fingerprint density at radius 1 is 0.839 bits per heavy atom. The minimum atomic E-state index is -4.30. The lowest BCUT2D eigenvalue weighted by molar-refractivity contribution is -0.159. The number of carboxylic acid groups (broad SMARTS) is 2. The molecule has 1 heterocycles. The first-order valence-electron chi connectivity index (χ1n) is 9.36. The average Bonchev–Trinajstić information content (AvgIpc) is 2.71. The van der Waals surface area contributed by atoms with Gasteiger partial charge in [-0.25, -0.2) is 9.59 Å². The third-order valence-corrected chi connectivity index (χ3v) is 4.94. The number of carbonyl (C=O) groups is 2. The van der Waals surface area contributed by atoms with Crippen LogP contribution in [0.25, 0.3) is 0 Å². The van der Waals surface area contributed by atoms with E-state index in [1.165, 1.54) is 11.6 Å². The van der Waals surface area contributed by atoms with Gasteiger partial charge in [-0.15, -0.1) is 0 Å². The lowest BCUT2D eigenvalue weighted by Gasteiger charge is -2.35. The third-order valence-electron chi connectivity index (χ3n) is 4.68. The van der Waals surface area contributed by atoms with Crippen molar-refractivity contribution in [3.63, 3.8) is 0 Å². The van der Waals surface area contributed by atoms with Gasteiger partial charge in [0.15, 0.2) is 0 Å². The molecule has 1 saturated heterocycles. The first kappa shape index (κ1) is 24.6. The summed E-state index contributed by atoms with van der Waals surface area (Å²) >= 11 is 5.90. The van der Waals surface area contributed by atoms with Crippen molar-refractivity contribution in [2.24, 2.45) is 0 Å². The third kappa shape index (κ3) is 8.20. The Hall–Kier alpha value is -2.62. The summed E-state index contributed by atoms with van der Waals surface area (Å²) in [7, 11) is 0. The summed E-state index contributed by atoms with van der Waals surface area (Å²) in [6, 6.07) is 13.6. The predicted molar refractivity (Wildman–Crippen MR) is 109 cm³/mol. The number of carboxylic acids is 2. The summed E-state index contributed by atoms with van der Waals surface area (Å²) in [6.07, 6.45) is -4.30. The Morgan fingerprint density at radius 3 is 1.81 bits per heavy atom. The van der Waals surface area contributed by atoms with Crippen LogP contribution in [0.2, 0.25) is 5.02 Å². The molecule has 0 unspecified atom stereocenters. The van der Waals surface area contributed by atoms with Crippen molar-refractivity contribution in [3.8, 4) is 0 Å². The molecule has 0 spiro atoms. The smallest absolute Gasteiger partial charge is 0.416 e. The lowest BCUT2D eigenvalue weighted by Crippen LogP contribution is -2.45. The molecule has 0 atom stereocenters. The highest BCUT2D eigenvalue weighted by Gasteiger charge is 2.33. The molecule has 1 aliphatic rings. The second kappa shape index (κ2) is 11.1. The van der Waals surface area contributed by atoms with E-state index in [-0.39, 0.29) is 0 Å². The number of nitrogens with zero attached hydrogens (tertiary/aromatic N) is 2. The van der Waals surface area contributed by atoms with Crippen molar-refractivity contribution in [2.75, 3.05) is 26.2 Å². The number of hydrogen-bond donors (Lipinski definition) is 2. The standard InChI is InChI=1S/C19H20ClF3N2.C2H2O4/c20-17-7-5-15(6-8-17)13-24-9-11-25(12-10-24)14-16-3-1-2-4-18(16)19(21,22)23;3-1(4)2(5)6/h1-8H,9-14H2;(H,3,4)(H,5,6). The molecule has 2 aromatic carbocycles. The Morgan fingerprint density at radius 2 is 1.32 bits per heavy atom. The molecule has 0 aromatic heterocycles. The second-order valence-electron chi connectivity index (χ2n) is 6.94. The molecule has 0 saturated carbocycles. The van der Waals surface area contributed by atoms with Gasteiger partial charge in [-0.1, -0.05) is 41.9 Å². The quantitative estimate of drug-likeness (QED) is 0.678. The van der Waals surface area contributed by atoms with E-state index in [1.807, 2.05) is 24.3 Å². The predicted octanol–water partition coefficient (Wildman–Crippen LogP) is 3.83. The minimum Gasteiger partial charge on any atom is -0.473 e. The summed E-state index contributed by atoms with van der Waals surface area (Å²) in [5.41, 5.74) is 1.01. The molecule has 0 radical (unpaired) electrons. The first-order valence-corrected chi connectivity index (χ1v) is 9.74. The molecule has 1 fully saturated rings. The van der Waals surface area contributed by atoms with Crippen LogP contribution in [0.3, 0.4) is 0 Å². The van der Waals surface area contributed by atoms with Crippen molar-refractivity contribution >= 4 is 23.5 Å². The molecular formula is C21H22ClF3N2O4. The molecule has 1 aliphatic heterocycles. The molecule has 168 valence electrons. The van der Waals surface area contributed by atoms with Crippen LogP contribution in [0.1, 0.15) is 16.7 Å². The van der Waals surface area contributed by atoms with Gasteiger partial charge in [0, 0.05) is 44.3 Å². The summed E-state index contributed by atoms with van der Waals surface area (Å²) in [5.74, 6) is -3.65. The van der Waals surface area contributed by atoms with E-state index in [4.69, 9.17) is 31.4 Å². The fourth-order valence-corrected chi connectivity index (χ4v) is 3.26. The summed E-state index contributed by atoms with van der Waals surface area (Å²) < 4.78 is 39.3. The van der Waals surface area contributed by atoms with Gasteiger partial charge < -0.3 is 10.2 Å². The molecule has 6 nitrogen and oxygen atoms in total. The molecule has 3 rings (SSSR count). The molecule has 0 bridgehead atoms. The number of piperazine rings is 1. The van der Waals surface area contributed by atoms with Crippen LogP contribution in [0.5, 0.6) is 0 Å². The van der Waals surface area contributed by atoms with Gasteiger partial charge in [0.2, 0.25) is 0 Å². The highest BCUT2D eigenvalue weighted by molar-refractivity contribution is 6.30. The molecular weight excluding hydrogens is 437 g/mol. The van der Waals surface area contributed by atoms with Gasteiger partial charge >= 0.3 is 18.1 Å². The van der Waals surface area contributed by atoms with E-state index >= 15 is 0 Å². The zero-order valence-electron chi connectivity index (χ0n) is 16.5. The number of benzene rings is 2. The Kier molecular flexibility index (Phi) is 8.85. The van der Waals surface area contributed by atoms with Crippen LogP contribution < -0.4 is 0 Å². The zero-order chi connectivity index (χ0) is 23.0. The number of hydrogen-bond acceptors (Lipinski definition) is 4. The summed E-state index contributed by atoms with van der Waals surface area (Å²) in [6.45, 7) is 4.39. The molecule has 10 heteroatoms. The lowest BCUT2D eigenvalue weighted by atomic mass is 10.1. The van der Waals surface area contributed by atoms with E-state index in [2.05, 4.69) is 9.80 Å². The van der Waals surface area contributed by atoms with E-state index in [9.17, 15) is 13.2 Å². The highest BCUT2D eigenvalue weighted by Crippen LogP contribution is 2.32. The van der Waals surface area contributed by atoms with Crippen LogP contribution in [0.15, 0.2) is 48.5 Å². The number of aliphatic carboxylic acids is 2. The number of alkyl halides is 3.